The van der Waals surface area contributed by atoms with E-state index >= 15 is 0 Å². The van der Waals surface area contributed by atoms with Crippen molar-refractivity contribution >= 4 is 28.8 Å². The number of piperidine rings is 1. The lowest BCUT2D eigenvalue weighted by molar-refractivity contribution is -0.0242. The van der Waals surface area contributed by atoms with Gasteiger partial charge in [0.15, 0.2) is 11.4 Å². The van der Waals surface area contributed by atoms with Crippen LogP contribution in [-0.4, -0.2) is 71.8 Å². The van der Waals surface area contributed by atoms with E-state index < -0.39 is 5.60 Å². The number of hydrogen-bond donors (Lipinski definition) is 3. The van der Waals surface area contributed by atoms with Crippen LogP contribution in [0.4, 0.5) is 17.5 Å². The number of aliphatic hydroxyl groups excluding tert-OH is 1. The van der Waals surface area contributed by atoms with Crippen molar-refractivity contribution in [3.8, 4) is 0 Å². The molecule has 0 aliphatic carbocycles. The van der Waals surface area contributed by atoms with Gasteiger partial charge in [-0.05, 0) is 12.8 Å². The third kappa shape index (κ3) is 3.10. The molecule has 4 N–H and O–H groups in total. The average molecular weight is 349 g/mol. The zero-order valence-electron chi connectivity index (χ0n) is 14.0. The minimum atomic E-state index is -1.12. The molecule has 1 unspecified atom stereocenters. The quantitative estimate of drug-likeness (QED) is 0.701. The normalized spacial score (nSPS) is 24.9. The molecule has 9 nitrogen and oxygen atoms in total. The SMILES string of the molecule is Nc1cc2oc(N3CCOCC3)nc2nc1N1CCCC(O)(CO)C1. The molecule has 25 heavy (non-hydrogen) atoms. The lowest BCUT2D eigenvalue weighted by Crippen LogP contribution is -2.51. The van der Waals surface area contributed by atoms with Gasteiger partial charge in [-0.15, -0.1) is 0 Å². The first-order valence-electron chi connectivity index (χ1n) is 8.56. The Balaban J connectivity index is 1.64. The summed E-state index contributed by atoms with van der Waals surface area (Å²) in [6, 6.07) is 2.24. The predicted octanol–water partition coefficient (Wildman–Crippen LogP) is -0.0348. The van der Waals surface area contributed by atoms with E-state index in [2.05, 4.69) is 9.97 Å². The van der Waals surface area contributed by atoms with E-state index in [9.17, 15) is 10.2 Å². The van der Waals surface area contributed by atoms with Crippen molar-refractivity contribution in [1.29, 1.82) is 0 Å². The van der Waals surface area contributed by atoms with Crippen LogP contribution in [-0.2, 0) is 4.74 Å². The van der Waals surface area contributed by atoms with Gasteiger partial charge in [0.05, 0.1) is 32.1 Å². The zero-order valence-corrected chi connectivity index (χ0v) is 14.0. The first-order valence-corrected chi connectivity index (χ1v) is 8.56. The van der Waals surface area contributed by atoms with Crippen LogP contribution < -0.4 is 15.5 Å². The first-order chi connectivity index (χ1) is 12.1. The number of oxazole rings is 1. The fourth-order valence-electron chi connectivity index (χ4n) is 3.42. The highest BCUT2D eigenvalue weighted by Crippen LogP contribution is 2.32. The molecule has 0 bridgehead atoms. The van der Waals surface area contributed by atoms with Gasteiger partial charge >= 0.3 is 0 Å². The summed E-state index contributed by atoms with van der Waals surface area (Å²) in [7, 11) is 0. The zero-order chi connectivity index (χ0) is 17.4. The number of β-amino-alcohol motifs (C(OH)–C–C–N with tert-alkyl or cyclic N) is 1. The maximum atomic E-state index is 10.4. The van der Waals surface area contributed by atoms with E-state index in [1.54, 1.807) is 6.07 Å². The second-order valence-electron chi connectivity index (χ2n) is 6.73. The van der Waals surface area contributed by atoms with Gasteiger partial charge in [0.1, 0.15) is 5.60 Å². The van der Waals surface area contributed by atoms with Gasteiger partial charge in [-0.25, -0.2) is 4.98 Å². The van der Waals surface area contributed by atoms with Crippen molar-refractivity contribution in [1.82, 2.24) is 9.97 Å². The Hall–Kier alpha value is -2.10. The number of nitrogens with two attached hydrogens (primary N) is 1. The van der Waals surface area contributed by atoms with Crippen LogP contribution in [0.25, 0.3) is 11.2 Å². The van der Waals surface area contributed by atoms with Crippen LogP contribution in [0.2, 0.25) is 0 Å². The first kappa shape index (κ1) is 16.4. The van der Waals surface area contributed by atoms with Crippen LogP contribution >= 0.6 is 0 Å². The number of morpholine rings is 1. The number of aromatic nitrogens is 2. The predicted molar refractivity (Wildman–Crippen MR) is 92.7 cm³/mol. The minimum absolute atomic E-state index is 0.281. The second kappa shape index (κ2) is 6.32. The number of rotatable bonds is 3. The highest BCUT2D eigenvalue weighted by Gasteiger charge is 2.34. The van der Waals surface area contributed by atoms with E-state index in [1.807, 2.05) is 9.80 Å². The Morgan fingerprint density at radius 3 is 2.76 bits per heavy atom. The van der Waals surface area contributed by atoms with Gasteiger partial charge in [0.25, 0.3) is 6.01 Å². The van der Waals surface area contributed by atoms with E-state index in [0.717, 1.165) is 26.1 Å². The van der Waals surface area contributed by atoms with Crippen molar-refractivity contribution in [2.75, 3.05) is 61.5 Å². The topological polar surface area (TPSA) is 121 Å². The van der Waals surface area contributed by atoms with Crippen molar-refractivity contribution in [2.45, 2.75) is 18.4 Å². The van der Waals surface area contributed by atoms with Crippen LogP contribution in [0.3, 0.4) is 0 Å². The van der Waals surface area contributed by atoms with Crippen molar-refractivity contribution in [3.63, 3.8) is 0 Å². The molecule has 2 fully saturated rings. The molecule has 2 aromatic rings. The van der Waals surface area contributed by atoms with Gasteiger partial charge < -0.3 is 34.9 Å². The molecule has 9 heteroatoms. The summed E-state index contributed by atoms with van der Waals surface area (Å²) < 4.78 is 11.1. The molecular weight excluding hydrogens is 326 g/mol. The number of ether oxygens (including phenoxy) is 1. The molecule has 0 aromatic carbocycles. The lowest BCUT2D eigenvalue weighted by atomic mass is 9.94. The monoisotopic (exact) mass is 349 g/mol. The summed E-state index contributed by atoms with van der Waals surface area (Å²) in [5, 5.41) is 19.8. The fourth-order valence-corrected chi connectivity index (χ4v) is 3.42. The molecule has 4 rings (SSSR count). The summed E-state index contributed by atoms with van der Waals surface area (Å²) in [6.45, 7) is 3.48. The number of hydrogen-bond acceptors (Lipinski definition) is 9. The molecule has 0 amide bonds. The second-order valence-corrected chi connectivity index (χ2v) is 6.73. The summed E-state index contributed by atoms with van der Waals surface area (Å²) in [4.78, 5) is 13.0. The van der Waals surface area contributed by atoms with Gasteiger partial charge in [-0.2, -0.15) is 4.98 Å². The number of anilines is 3. The molecule has 2 aliphatic rings. The molecule has 136 valence electrons. The number of fused-ring (bicyclic) bond motifs is 1. The molecule has 2 saturated heterocycles. The minimum Gasteiger partial charge on any atom is -0.422 e. The third-order valence-corrected chi connectivity index (χ3v) is 4.81. The standard InChI is InChI=1S/C16H23N5O4/c17-11-8-12-13(19-15(25-12)20-4-6-24-7-5-20)18-14(11)21-3-1-2-16(23,9-21)10-22/h8,22-23H,1-7,9-10,17H2. The smallest absolute Gasteiger partial charge is 0.300 e. The largest absolute Gasteiger partial charge is 0.422 e. The molecular formula is C16H23N5O4. The van der Waals surface area contributed by atoms with Crippen molar-refractivity contribution in [2.24, 2.45) is 0 Å². The molecule has 0 spiro atoms. The fraction of sp³-hybridized carbons (Fsp3) is 0.625. The van der Waals surface area contributed by atoms with E-state index in [1.165, 1.54) is 0 Å². The molecule has 0 radical (unpaired) electrons. The Kier molecular flexibility index (Phi) is 4.14. The number of pyridine rings is 1. The van der Waals surface area contributed by atoms with Crippen LogP contribution in [0.1, 0.15) is 12.8 Å². The van der Waals surface area contributed by atoms with Crippen LogP contribution in [0, 0.1) is 0 Å². The Bertz CT molecular complexity index is 760. The molecule has 1 atom stereocenters. The maximum absolute atomic E-state index is 10.4. The van der Waals surface area contributed by atoms with Crippen molar-refractivity contribution < 1.29 is 19.4 Å². The molecule has 0 saturated carbocycles. The molecule has 2 aromatic heterocycles. The van der Waals surface area contributed by atoms with E-state index in [4.69, 9.17) is 14.9 Å². The van der Waals surface area contributed by atoms with Gasteiger partial charge in [0, 0.05) is 25.7 Å². The summed E-state index contributed by atoms with van der Waals surface area (Å²) in [5.74, 6) is 0.570. The maximum Gasteiger partial charge on any atom is 0.300 e. The van der Waals surface area contributed by atoms with Crippen molar-refractivity contribution in [3.05, 3.63) is 6.07 Å². The summed E-state index contributed by atoms with van der Waals surface area (Å²) in [5.41, 5.74) is 6.54. The molecule has 2 aliphatic heterocycles. The van der Waals surface area contributed by atoms with E-state index in [0.29, 0.717) is 54.9 Å². The lowest BCUT2D eigenvalue weighted by Gasteiger charge is -2.38. The van der Waals surface area contributed by atoms with Gasteiger partial charge in [-0.3, -0.25) is 0 Å². The Labute approximate surface area is 145 Å². The van der Waals surface area contributed by atoms with E-state index in [-0.39, 0.29) is 6.61 Å². The van der Waals surface area contributed by atoms with Crippen LogP contribution in [0.15, 0.2) is 10.5 Å². The highest BCUT2D eigenvalue weighted by molar-refractivity contribution is 5.80. The van der Waals surface area contributed by atoms with Crippen LogP contribution in [0.5, 0.6) is 0 Å². The number of aliphatic hydroxyl groups is 2. The summed E-state index contributed by atoms with van der Waals surface area (Å²) >= 11 is 0. The Morgan fingerprint density at radius 2 is 2.00 bits per heavy atom. The number of nitrogen functional groups attached to an aromatic ring is 1. The van der Waals surface area contributed by atoms with Gasteiger partial charge in [0.2, 0.25) is 5.65 Å². The third-order valence-electron chi connectivity index (χ3n) is 4.81. The van der Waals surface area contributed by atoms with Gasteiger partial charge in [-0.1, -0.05) is 0 Å². The highest BCUT2D eigenvalue weighted by atomic mass is 16.5. The summed E-state index contributed by atoms with van der Waals surface area (Å²) in [6.07, 6.45) is 1.32. The molecule has 4 heterocycles. The number of nitrogens with zero attached hydrogens (tertiary/aromatic N) is 4. The Morgan fingerprint density at radius 1 is 1.20 bits per heavy atom. The average Bonchev–Trinajstić information content (AvgIpc) is 3.04.